The second-order valence-electron chi connectivity index (χ2n) is 6.77. The van der Waals surface area contributed by atoms with Crippen molar-refractivity contribution in [2.75, 3.05) is 0 Å². The Kier molecular flexibility index (Phi) is 4.06. The number of hydrogen-bond acceptors (Lipinski definition) is 3. The van der Waals surface area contributed by atoms with Crippen molar-refractivity contribution in [3.63, 3.8) is 0 Å². The van der Waals surface area contributed by atoms with Crippen LogP contribution in [0.2, 0.25) is 0 Å². The first kappa shape index (κ1) is 14.6. The van der Waals surface area contributed by atoms with E-state index in [9.17, 15) is 14.7 Å². The lowest BCUT2D eigenvalue weighted by molar-refractivity contribution is -0.143. The molecule has 6 heteroatoms. The summed E-state index contributed by atoms with van der Waals surface area (Å²) in [5.74, 6) is -1.08. The van der Waals surface area contributed by atoms with E-state index >= 15 is 0 Å². The molecule has 6 nitrogen and oxygen atoms in total. The molecule has 4 unspecified atom stereocenters. The van der Waals surface area contributed by atoms with E-state index in [0.717, 1.165) is 25.7 Å². The van der Waals surface area contributed by atoms with Gasteiger partial charge in [0.1, 0.15) is 0 Å². The van der Waals surface area contributed by atoms with Gasteiger partial charge in [-0.1, -0.05) is 6.42 Å². The molecule has 2 amide bonds. The van der Waals surface area contributed by atoms with Crippen LogP contribution in [0.25, 0.3) is 0 Å². The number of hydrogen-bond donors (Lipinski definition) is 3. The number of nitrogens with one attached hydrogen (secondary N) is 1. The Bertz CT molecular complexity index is 414. The summed E-state index contributed by atoms with van der Waals surface area (Å²) in [6.45, 7) is 0. The van der Waals surface area contributed by atoms with Gasteiger partial charge < -0.3 is 20.4 Å². The van der Waals surface area contributed by atoms with Gasteiger partial charge in [-0.15, -0.1) is 0 Å². The fraction of sp³-hybridized carbons (Fsp3) is 0.867. The van der Waals surface area contributed by atoms with Gasteiger partial charge >= 0.3 is 12.0 Å². The van der Waals surface area contributed by atoms with E-state index in [-0.39, 0.29) is 36.2 Å². The molecule has 3 N–H and O–H groups in total. The molecule has 2 aliphatic heterocycles. The molecule has 4 atom stereocenters. The van der Waals surface area contributed by atoms with E-state index < -0.39 is 5.97 Å². The number of fused-ring (bicyclic) bond motifs is 2. The molecule has 2 saturated heterocycles. The number of piperidine rings is 1. The Morgan fingerprint density at radius 1 is 1.00 bits per heavy atom. The Morgan fingerprint density at radius 2 is 1.67 bits per heavy atom. The summed E-state index contributed by atoms with van der Waals surface area (Å²) in [5.41, 5.74) is 0. The Morgan fingerprint density at radius 3 is 2.29 bits per heavy atom. The standard InChI is InChI=1S/C15H24N2O4/c18-13-7-11-4-5-12(8-13)17(11)15(21)16-10-3-1-2-9(6-10)14(19)20/h9-13,18H,1-8H2,(H,16,21)(H,19,20). The second-order valence-corrected chi connectivity index (χ2v) is 6.77. The lowest BCUT2D eigenvalue weighted by Gasteiger charge is -2.38. The first-order valence-electron chi connectivity index (χ1n) is 8.04. The molecule has 0 spiro atoms. The molecule has 3 rings (SSSR count). The van der Waals surface area contributed by atoms with Crippen molar-refractivity contribution in [3.8, 4) is 0 Å². The van der Waals surface area contributed by atoms with Gasteiger partial charge in [-0.25, -0.2) is 4.79 Å². The van der Waals surface area contributed by atoms with E-state index in [1.807, 2.05) is 4.90 Å². The van der Waals surface area contributed by atoms with Gasteiger partial charge in [0, 0.05) is 18.1 Å². The van der Waals surface area contributed by atoms with Crippen LogP contribution < -0.4 is 5.32 Å². The number of carbonyl (C=O) groups is 2. The fourth-order valence-corrected chi connectivity index (χ4v) is 4.27. The van der Waals surface area contributed by atoms with Crippen LogP contribution in [0, 0.1) is 5.92 Å². The third-order valence-corrected chi connectivity index (χ3v) is 5.29. The third kappa shape index (κ3) is 3.00. The quantitative estimate of drug-likeness (QED) is 0.717. The lowest BCUT2D eigenvalue weighted by atomic mass is 9.86. The summed E-state index contributed by atoms with van der Waals surface area (Å²) >= 11 is 0. The summed E-state index contributed by atoms with van der Waals surface area (Å²) in [6, 6.07) is 0.208. The maximum atomic E-state index is 12.5. The monoisotopic (exact) mass is 296 g/mol. The molecular weight excluding hydrogens is 272 g/mol. The minimum Gasteiger partial charge on any atom is -0.481 e. The number of amides is 2. The van der Waals surface area contributed by atoms with Crippen LogP contribution in [0.15, 0.2) is 0 Å². The normalized spacial score (nSPS) is 39.1. The van der Waals surface area contributed by atoms with E-state index in [4.69, 9.17) is 5.11 Å². The highest BCUT2D eigenvalue weighted by atomic mass is 16.4. The number of urea groups is 1. The predicted octanol–water partition coefficient (Wildman–Crippen LogP) is 1.33. The van der Waals surface area contributed by atoms with E-state index in [1.165, 1.54) is 0 Å². The maximum Gasteiger partial charge on any atom is 0.318 e. The molecule has 1 saturated carbocycles. The Balaban J connectivity index is 1.58. The summed E-state index contributed by atoms with van der Waals surface area (Å²) in [7, 11) is 0. The zero-order valence-corrected chi connectivity index (χ0v) is 12.2. The van der Waals surface area contributed by atoms with Crippen molar-refractivity contribution in [1.82, 2.24) is 10.2 Å². The highest BCUT2D eigenvalue weighted by molar-refractivity contribution is 5.76. The van der Waals surface area contributed by atoms with E-state index in [2.05, 4.69) is 5.32 Å². The number of aliphatic carboxylic acids is 1. The van der Waals surface area contributed by atoms with Crippen molar-refractivity contribution >= 4 is 12.0 Å². The fourth-order valence-electron chi connectivity index (χ4n) is 4.27. The zero-order valence-electron chi connectivity index (χ0n) is 12.2. The highest BCUT2D eigenvalue weighted by Gasteiger charge is 2.43. The molecule has 2 heterocycles. The van der Waals surface area contributed by atoms with Crippen molar-refractivity contribution < 1.29 is 19.8 Å². The van der Waals surface area contributed by atoms with Crippen molar-refractivity contribution in [1.29, 1.82) is 0 Å². The summed E-state index contributed by atoms with van der Waals surface area (Å²) < 4.78 is 0. The van der Waals surface area contributed by atoms with Crippen LogP contribution in [0.1, 0.15) is 51.4 Å². The molecule has 1 aliphatic carbocycles. The summed E-state index contributed by atoms with van der Waals surface area (Å²) in [4.78, 5) is 25.5. The van der Waals surface area contributed by atoms with Crippen LogP contribution in [-0.2, 0) is 4.79 Å². The molecule has 21 heavy (non-hydrogen) atoms. The zero-order chi connectivity index (χ0) is 15.0. The average molecular weight is 296 g/mol. The third-order valence-electron chi connectivity index (χ3n) is 5.29. The van der Waals surface area contributed by atoms with Gasteiger partial charge in [-0.2, -0.15) is 0 Å². The molecule has 0 aromatic carbocycles. The van der Waals surface area contributed by atoms with E-state index in [0.29, 0.717) is 25.7 Å². The van der Waals surface area contributed by atoms with E-state index in [1.54, 1.807) is 0 Å². The van der Waals surface area contributed by atoms with Gasteiger partial charge in [0.2, 0.25) is 0 Å². The Hall–Kier alpha value is -1.30. The van der Waals surface area contributed by atoms with Crippen LogP contribution >= 0.6 is 0 Å². The van der Waals surface area contributed by atoms with Gasteiger partial charge in [0.25, 0.3) is 0 Å². The SMILES string of the molecule is O=C(O)C1CCCC(NC(=O)N2C3CCC2CC(O)C3)C1. The Labute approximate surface area is 124 Å². The highest BCUT2D eigenvalue weighted by Crippen LogP contribution is 2.36. The molecule has 0 aromatic heterocycles. The van der Waals surface area contributed by atoms with Crippen molar-refractivity contribution in [2.45, 2.75) is 75.6 Å². The number of aliphatic hydroxyl groups is 1. The van der Waals surface area contributed by atoms with Crippen LogP contribution in [0.4, 0.5) is 4.79 Å². The summed E-state index contributed by atoms with van der Waals surface area (Å²) in [6.07, 6.45) is 5.97. The molecule has 2 bridgehead atoms. The molecule has 3 fully saturated rings. The smallest absolute Gasteiger partial charge is 0.318 e. The lowest BCUT2D eigenvalue weighted by Crippen LogP contribution is -2.54. The average Bonchev–Trinajstić information content (AvgIpc) is 2.71. The molecule has 0 aromatic rings. The first-order valence-corrected chi connectivity index (χ1v) is 8.04. The molecule has 3 aliphatic rings. The second kappa shape index (κ2) is 5.83. The number of carboxylic acid groups (broad SMARTS) is 1. The van der Waals surface area contributed by atoms with Crippen LogP contribution in [0.3, 0.4) is 0 Å². The molecule has 0 radical (unpaired) electrons. The van der Waals surface area contributed by atoms with Gasteiger partial charge in [-0.05, 0) is 44.9 Å². The number of carboxylic acids is 1. The summed E-state index contributed by atoms with van der Waals surface area (Å²) in [5, 5.41) is 21.9. The largest absolute Gasteiger partial charge is 0.481 e. The van der Waals surface area contributed by atoms with Gasteiger partial charge in [0.15, 0.2) is 0 Å². The maximum absolute atomic E-state index is 12.5. The van der Waals surface area contributed by atoms with Crippen molar-refractivity contribution in [2.24, 2.45) is 5.92 Å². The number of aliphatic hydroxyl groups excluding tert-OH is 1. The number of carbonyl (C=O) groups excluding carboxylic acids is 1. The number of rotatable bonds is 2. The van der Waals surface area contributed by atoms with Crippen LogP contribution in [0.5, 0.6) is 0 Å². The molecular formula is C15H24N2O4. The minimum atomic E-state index is -0.755. The molecule has 118 valence electrons. The van der Waals surface area contributed by atoms with Gasteiger partial charge in [-0.3, -0.25) is 4.79 Å². The number of nitrogens with zero attached hydrogens (tertiary/aromatic N) is 1. The first-order chi connectivity index (χ1) is 10.0. The van der Waals surface area contributed by atoms with Crippen molar-refractivity contribution in [3.05, 3.63) is 0 Å². The topological polar surface area (TPSA) is 89.9 Å². The minimum absolute atomic E-state index is 0.0291. The van der Waals surface area contributed by atoms with Crippen LogP contribution in [-0.4, -0.2) is 51.3 Å². The van der Waals surface area contributed by atoms with Gasteiger partial charge in [0.05, 0.1) is 12.0 Å². The predicted molar refractivity (Wildman–Crippen MR) is 75.8 cm³/mol.